The Labute approximate surface area is 432 Å². The number of phenolic OH excluding ortho intramolecular Hbond substituents is 2. The molecule has 0 heterocycles. The highest BCUT2D eigenvalue weighted by Crippen LogP contribution is 2.27. The minimum Gasteiger partial charge on any atom is -0.508 e. The van der Waals surface area contributed by atoms with E-state index in [-0.39, 0.29) is 62.3 Å². The molecule has 0 radical (unpaired) electrons. The third kappa shape index (κ3) is 55.3. The van der Waals surface area contributed by atoms with Gasteiger partial charge in [-0.2, -0.15) is 0 Å². The summed E-state index contributed by atoms with van der Waals surface area (Å²) in [5.74, 6) is 3.32. The number of rotatable bonds is 28. The van der Waals surface area contributed by atoms with Crippen LogP contribution in [-0.4, -0.2) is 98.2 Å². The van der Waals surface area contributed by atoms with Crippen molar-refractivity contribution in [3.63, 3.8) is 0 Å². The van der Waals surface area contributed by atoms with E-state index in [1.54, 1.807) is 24.3 Å². The summed E-state index contributed by atoms with van der Waals surface area (Å²) in [6.07, 6.45) is 15.0. The number of para-hydroxylation sites is 2. The molecule has 16 N–H and O–H groups in total. The highest BCUT2D eigenvalue weighted by atomic mass is 16.3. The average Bonchev–Trinajstić information content (AvgIpc) is 3.32. The lowest BCUT2D eigenvalue weighted by molar-refractivity contribution is -0.0980. The van der Waals surface area contributed by atoms with Crippen LogP contribution in [0.25, 0.3) is 0 Å². The molecule has 15 nitrogen and oxygen atoms in total. The number of unbranched alkanes of at least 4 members (excludes halogenated alkanes) is 4. The van der Waals surface area contributed by atoms with Crippen LogP contribution in [0.4, 0.5) is 0 Å². The molecule has 3 rings (SSSR count). The number of aliphatic hydroxyl groups is 4. The Hall–Kier alpha value is -3.87. The first kappa shape index (κ1) is 81.2. The van der Waals surface area contributed by atoms with Gasteiger partial charge in [-0.15, -0.1) is 0 Å². The molecule has 0 aliphatic carbocycles. The fraction of sp³-hybridized carbons (Fsp3) is 0.661. The van der Waals surface area contributed by atoms with Gasteiger partial charge in [0.25, 0.3) is 0 Å². The third-order valence-corrected chi connectivity index (χ3v) is 9.99. The van der Waals surface area contributed by atoms with E-state index in [9.17, 15) is 5.11 Å². The van der Waals surface area contributed by atoms with Gasteiger partial charge in [-0.1, -0.05) is 170 Å². The first-order valence-corrected chi connectivity index (χ1v) is 25.3. The molecule has 420 valence electrons. The molecule has 0 saturated carbocycles. The molecule has 3 aromatic rings. The molecule has 0 fully saturated rings. The molecule has 0 aromatic heterocycles. The highest BCUT2D eigenvalue weighted by molar-refractivity contribution is 5.43. The summed E-state index contributed by atoms with van der Waals surface area (Å²) in [7, 11) is 0. The number of carbonyl (C=O) groups is 1. The van der Waals surface area contributed by atoms with Crippen LogP contribution < -0.4 is 21.3 Å². The van der Waals surface area contributed by atoms with Crippen LogP contribution in [0.3, 0.4) is 0 Å². The number of aromatic hydroxyl groups is 4. The SMILES string of the molecule is C.C=O.CC.CC(C)CCCCNCO.CC(C)CCCCNCO.CC(C)CCCCNCc1ccc(O)cc1.CC(C)CCCCNCc1cccc(CO)c1O.O.O.OCc1cccc(O)c1O. The van der Waals surface area contributed by atoms with Gasteiger partial charge in [0.1, 0.15) is 18.3 Å². The van der Waals surface area contributed by atoms with E-state index < -0.39 is 0 Å². The first-order valence-electron chi connectivity index (χ1n) is 25.3. The summed E-state index contributed by atoms with van der Waals surface area (Å²) < 4.78 is 0. The van der Waals surface area contributed by atoms with E-state index in [2.05, 4.69) is 76.7 Å². The molecule has 71 heavy (non-hydrogen) atoms. The second kappa shape index (κ2) is 60.4. The summed E-state index contributed by atoms with van der Waals surface area (Å²) in [5, 5.41) is 83.7. The maximum absolute atomic E-state index is 9.86. The predicted molar refractivity (Wildman–Crippen MR) is 299 cm³/mol. The molecular formula is C56H110N4O11. The van der Waals surface area contributed by atoms with Crippen molar-refractivity contribution in [2.75, 3.05) is 39.6 Å². The molecule has 0 saturated heterocycles. The van der Waals surface area contributed by atoms with Gasteiger partial charge in [0.2, 0.25) is 0 Å². The summed E-state index contributed by atoms with van der Waals surface area (Å²) in [6, 6.07) is 17.3. The van der Waals surface area contributed by atoms with Crippen LogP contribution >= 0.6 is 0 Å². The van der Waals surface area contributed by atoms with Gasteiger partial charge in [-0.3, -0.25) is 10.6 Å². The third-order valence-electron chi connectivity index (χ3n) is 9.99. The predicted octanol–water partition coefficient (Wildman–Crippen LogP) is 9.23. The molecule has 3 aromatic carbocycles. The lowest BCUT2D eigenvalue weighted by atomic mass is 10.1. The van der Waals surface area contributed by atoms with E-state index in [0.29, 0.717) is 23.4 Å². The van der Waals surface area contributed by atoms with Crippen molar-refractivity contribution in [1.29, 1.82) is 0 Å². The van der Waals surface area contributed by atoms with Crippen LogP contribution in [0.2, 0.25) is 0 Å². The van der Waals surface area contributed by atoms with Crippen LogP contribution in [0, 0.1) is 23.7 Å². The number of hydrogen-bond acceptors (Lipinski definition) is 13. The Bertz CT molecular complexity index is 1470. The normalized spacial score (nSPS) is 9.83. The highest BCUT2D eigenvalue weighted by Gasteiger charge is 2.06. The second-order valence-corrected chi connectivity index (χ2v) is 17.9. The van der Waals surface area contributed by atoms with Crippen LogP contribution in [-0.2, 0) is 31.1 Å². The van der Waals surface area contributed by atoms with Crippen molar-refractivity contribution in [3.05, 3.63) is 82.9 Å². The van der Waals surface area contributed by atoms with Crippen molar-refractivity contribution < 1.29 is 56.6 Å². The molecule has 15 heteroatoms. The Kier molecular flexibility index (Phi) is 69.1. The van der Waals surface area contributed by atoms with Crippen LogP contribution in [0.1, 0.15) is 176 Å². The lowest BCUT2D eigenvalue weighted by Crippen LogP contribution is -2.15. The summed E-state index contributed by atoms with van der Waals surface area (Å²) in [4.78, 5) is 8.00. The van der Waals surface area contributed by atoms with E-state index in [0.717, 1.165) is 62.0 Å². The van der Waals surface area contributed by atoms with Gasteiger partial charge in [-0.05, 0) is 99.3 Å². The minimum atomic E-state index is -0.264. The molecule has 0 aliphatic heterocycles. The Balaban J connectivity index is -0.000000143. The van der Waals surface area contributed by atoms with Crippen molar-refractivity contribution in [2.24, 2.45) is 23.7 Å². The monoisotopic (exact) mass is 1010 g/mol. The maximum Gasteiger partial charge on any atom is 0.163 e. The van der Waals surface area contributed by atoms with Crippen molar-refractivity contribution in [2.45, 2.75) is 180 Å². The largest absolute Gasteiger partial charge is 0.508 e. The smallest absolute Gasteiger partial charge is 0.163 e. The standard InChI is InChI=1S/C15H25NO2.C14H23NO.2C8H19NO.C7H8O3.C2H6.CH2O.CH4.2H2O/c1-12(2)6-3-4-9-16-10-13-7-5-8-14(11-17)15(13)18;1-12(2)5-3-4-10-15-11-13-6-8-14(16)9-7-13;2*1-8(2)5-3-4-6-9-7-10;8-4-5-2-1-3-6(9)7(5)10;2*1-2;;;/h5,7-8,12,16-18H,3-4,6,9-11H2,1-2H3;6-9,12,15-16H,3-5,10-11H2,1-2H3;2*8-10H,3-7H2,1-2H3;1-3,8-10H,4H2;1-2H3;1H2;1H4;2*1H2. The zero-order chi connectivity index (χ0) is 52.4. The number of hydrogen-bond donors (Lipinski definition) is 12. The zero-order valence-electron chi connectivity index (χ0n) is 45.3. The topological polar surface area (TPSA) is 290 Å². The van der Waals surface area contributed by atoms with E-state index in [1.807, 2.05) is 44.9 Å². The van der Waals surface area contributed by atoms with Crippen molar-refractivity contribution in [1.82, 2.24) is 21.3 Å². The van der Waals surface area contributed by atoms with Gasteiger partial charge in [-0.25, -0.2) is 0 Å². The number of carbonyl (C=O) groups excluding carboxylic acids is 1. The molecule has 0 amide bonds. The molecule has 0 atom stereocenters. The van der Waals surface area contributed by atoms with Crippen LogP contribution in [0.15, 0.2) is 60.7 Å². The molecule has 0 spiro atoms. The fourth-order valence-electron chi connectivity index (χ4n) is 6.06. The van der Waals surface area contributed by atoms with Gasteiger partial charge in [0, 0.05) is 29.8 Å². The fourth-order valence-corrected chi connectivity index (χ4v) is 6.06. The average molecular weight is 1020 g/mol. The lowest BCUT2D eigenvalue weighted by Gasteiger charge is -2.09. The van der Waals surface area contributed by atoms with Gasteiger partial charge >= 0.3 is 0 Å². The molecule has 0 unspecified atom stereocenters. The van der Waals surface area contributed by atoms with Crippen molar-refractivity contribution in [3.8, 4) is 23.0 Å². The Morgan fingerprint density at radius 1 is 0.437 bits per heavy atom. The first-order chi connectivity index (χ1) is 32.6. The number of nitrogens with one attached hydrogen (secondary N) is 4. The maximum atomic E-state index is 9.86. The van der Waals surface area contributed by atoms with Crippen molar-refractivity contribution >= 4 is 6.79 Å². The number of benzene rings is 3. The summed E-state index contributed by atoms with van der Waals surface area (Å²) >= 11 is 0. The minimum absolute atomic E-state index is 0. The Morgan fingerprint density at radius 2 is 0.761 bits per heavy atom. The second-order valence-electron chi connectivity index (χ2n) is 17.9. The number of phenols is 4. The quantitative estimate of drug-likeness (QED) is 0.0184. The Morgan fingerprint density at radius 3 is 1.10 bits per heavy atom. The van der Waals surface area contributed by atoms with Gasteiger partial charge < -0.3 is 67.2 Å². The molecule has 0 bridgehead atoms. The summed E-state index contributed by atoms with van der Waals surface area (Å²) in [6.45, 7) is 29.3. The van der Waals surface area contributed by atoms with E-state index in [4.69, 9.17) is 40.5 Å². The molecular weight excluding hydrogens is 905 g/mol. The van der Waals surface area contributed by atoms with E-state index >= 15 is 0 Å². The summed E-state index contributed by atoms with van der Waals surface area (Å²) in [5.41, 5.74) is 3.00. The molecule has 0 aliphatic rings. The van der Waals surface area contributed by atoms with Crippen LogP contribution in [0.5, 0.6) is 23.0 Å². The number of aliphatic hydroxyl groups excluding tert-OH is 4. The van der Waals surface area contributed by atoms with Gasteiger partial charge in [0.15, 0.2) is 11.5 Å². The van der Waals surface area contributed by atoms with E-state index in [1.165, 1.54) is 94.7 Å². The zero-order valence-corrected chi connectivity index (χ0v) is 45.3. The van der Waals surface area contributed by atoms with Gasteiger partial charge in [0.05, 0.1) is 26.7 Å².